The van der Waals surface area contributed by atoms with E-state index < -0.39 is 16.3 Å². The van der Waals surface area contributed by atoms with E-state index in [2.05, 4.69) is 18.2 Å². The van der Waals surface area contributed by atoms with Gasteiger partial charge in [0.25, 0.3) is 11.6 Å². The number of rotatable bonds is 7. The van der Waals surface area contributed by atoms with Gasteiger partial charge >= 0.3 is 5.97 Å². The smallest absolute Gasteiger partial charge is 0.303 e. The molecule has 0 saturated carbocycles. The van der Waals surface area contributed by atoms with E-state index in [1.165, 1.54) is 17.7 Å². The Morgan fingerprint density at radius 2 is 1.76 bits per heavy atom. The standard InChI is InChI=1S/C31H28N2O5/c34-29(35)16-11-22-6-5-18-31(20-22,25-12-14-26(15-13-25)33(37)38)28-10-4-9-24-21-32(19-17-27(24)28)30(36)23-7-2-1-3-8-23/h1-10,12-15,18H,11,16-17,19-21H2,(H,34,35). The lowest BCUT2D eigenvalue weighted by atomic mass is 9.65. The van der Waals surface area contributed by atoms with Crippen molar-refractivity contribution in [3.8, 4) is 0 Å². The summed E-state index contributed by atoms with van der Waals surface area (Å²) < 4.78 is 0. The van der Waals surface area contributed by atoms with Crippen molar-refractivity contribution >= 4 is 17.6 Å². The third kappa shape index (κ3) is 4.87. The summed E-state index contributed by atoms with van der Waals surface area (Å²) in [6.45, 7) is 1.08. The first kappa shape index (κ1) is 25.1. The predicted octanol–water partition coefficient (Wildman–Crippen LogP) is 5.83. The van der Waals surface area contributed by atoms with Crippen LogP contribution in [-0.4, -0.2) is 33.4 Å². The fraction of sp³-hybridized carbons (Fsp3) is 0.226. The highest BCUT2D eigenvalue weighted by atomic mass is 16.6. The van der Waals surface area contributed by atoms with Gasteiger partial charge in [-0.2, -0.15) is 0 Å². The van der Waals surface area contributed by atoms with Gasteiger partial charge in [-0.15, -0.1) is 0 Å². The zero-order valence-electron chi connectivity index (χ0n) is 20.9. The summed E-state index contributed by atoms with van der Waals surface area (Å²) in [5.41, 5.74) is 5.36. The lowest BCUT2D eigenvalue weighted by Gasteiger charge is -2.39. The molecular weight excluding hydrogens is 480 g/mol. The Morgan fingerprint density at radius 1 is 1.00 bits per heavy atom. The summed E-state index contributed by atoms with van der Waals surface area (Å²) in [5.74, 6) is -0.843. The number of nitro benzene ring substituents is 1. The number of benzene rings is 3. The molecule has 3 aromatic rings. The van der Waals surface area contributed by atoms with Crippen LogP contribution in [0.4, 0.5) is 5.69 Å². The van der Waals surface area contributed by atoms with Gasteiger partial charge in [-0.05, 0) is 53.6 Å². The van der Waals surface area contributed by atoms with E-state index in [4.69, 9.17) is 0 Å². The second-order valence-corrected chi connectivity index (χ2v) is 9.82. The van der Waals surface area contributed by atoms with Crippen LogP contribution in [0.25, 0.3) is 0 Å². The largest absolute Gasteiger partial charge is 0.481 e. The van der Waals surface area contributed by atoms with Crippen LogP contribution in [0.1, 0.15) is 51.9 Å². The van der Waals surface area contributed by atoms with Crippen LogP contribution in [-0.2, 0) is 23.2 Å². The molecule has 0 fully saturated rings. The summed E-state index contributed by atoms with van der Waals surface area (Å²) in [6.07, 6.45) is 7.80. The van der Waals surface area contributed by atoms with Crippen molar-refractivity contribution in [2.75, 3.05) is 6.54 Å². The zero-order valence-corrected chi connectivity index (χ0v) is 20.9. The van der Waals surface area contributed by atoms with Crippen LogP contribution in [0.3, 0.4) is 0 Å². The highest BCUT2D eigenvalue weighted by Gasteiger charge is 2.38. The van der Waals surface area contributed by atoms with E-state index in [1.54, 1.807) is 12.1 Å². The Kier molecular flexibility index (Phi) is 6.92. The van der Waals surface area contributed by atoms with Gasteiger partial charge in [0.1, 0.15) is 0 Å². The minimum absolute atomic E-state index is 0.00295. The maximum absolute atomic E-state index is 13.1. The summed E-state index contributed by atoms with van der Waals surface area (Å²) >= 11 is 0. The van der Waals surface area contributed by atoms with Crippen LogP contribution < -0.4 is 0 Å². The highest BCUT2D eigenvalue weighted by molar-refractivity contribution is 5.94. The van der Waals surface area contributed by atoms with Crippen LogP contribution in [0.5, 0.6) is 0 Å². The Bertz CT molecular complexity index is 1440. The second-order valence-electron chi connectivity index (χ2n) is 9.82. The molecule has 38 heavy (non-hydrogen) atoms. The molecule has 7 nitrogen and oxygen atoms in total. The topological polar surface area (TPSA) is 101 Å². The van der Waals surface area contributed by atoms with E-state index in [1.807, 2.05) is 53.5 Å². The van der Waals surface area contributed by atoms with E-state index in [0.29, 0.717) is 37.9 Å². The average Bonchev–Trinajstić information content (AvgIpc) is 2.95. The number of aliphatic carboxylic acids is 1. The molecule has 192 valence electrons. The SMILES string of the molecule is O=C(O)CCC1=CC=CC(c2ccc([N+](=O)[O-])cc2)(c2cccc3c2CCN(C(=O)c2ccccc2)C3)C1. The number of carboxylic acid groups (broad SMARTS) is 1. The third-order valence-corrected chi connectivity index (χ3v) is 7.53. The molecule has 1 amide bonds. The summed E-state index contributed by atoms with van der Waals surface area (Å²) in [5, 5.41) is 20.6. The molecule has 0 aromatic heterocycles. The van der Waals surface area contributed by atoms with Crippen molar-refractivity contribution < 1.29 is 19.6 Å². The summed E-state index contributed by atoms with van der Waals surface area (Å²) in [6, 6.07) is 22.1. The van der Waals surface area contributed by atoms with Crippen molar-refractivity contribution in [1.29, 1.82) is 0 Å². The number of carbonyl (C=O) groups is 2. The van der Waals surface area contributed by atoms with Crippen LogP contribution in [0.15, 0.2) is 96.6 Å². The molecule has 1 aliphatic carbocycles. The Morgan fingerprint density at radius 3 is 2.47 bits per heavy atom. The summed E-state index contributed by atoms with van der Waals surface area (Å²) in [4.78, 5) is 37.2. The van der Waals surface area contributed by atoms with E-state index in [0.717, 1.165) is 22.3 Å². The minimum atomic E-state index is -0.846. The highest BCUT2D eigenvalue weighted by Crippen LogP contribution is 2.45. The molecule has 1 unspecified atom stereocenters. The number of hydrogen-bond donors (Lipinski definition) is 1. The minimum Gasteiger partial charge on any atom is -0.481 e. The quantitative estimate of drug-likeness (QED) is 0.320. The molecule has 5 rings (SSSR count). The van der Waals surface area contributed by atoms with Gasteiger partial charge in [0.15, 0.2) is 0 Å². The lowest BCUT2D eigenvalue weighted by Crippen LogP contribution is -2.38. The van der Waals surface area contributed by atoms with Crippen molar-refractivity contribution in [3.63, 3.8) is 0 Å². The molecule has 1 N–H and O–H groups in total. The molecule has 1 atom stereocenters. The van der Waals surface area contributed by atoms with Gasteiger partial charge in [0, 0.05) is 42.6 Å². The average molecular weight is 509 g/mol. The Balaban J connectivity index is 1.54. The molecule has 0 radical (unpaired) electrons. The number of allylic oxidation sites excluding steroid dienone is 4. The molecule has 2 aliphatic rings. The van der Waals surface area contributed by atoms with Crippen molar-refractivity contribution in [1.82, 2.24) is 4.90 Å². The predicted molar refractivity (Wildman–Crippen MR) is 144 cm³/mol. The number of nitro groups is 1. The van der Waals surface area contributed by atoms with Crippen LogP contribution in [0, 0.1) is 10.1 Å². The van der Waals surface area contributed by atoms with Crippen LogP contribution >= 0.6 is 0 Å². The Hall–Kier alpha value is -4.52. The first-order chi connectivity index (χ1) is 18.4. The fourth-order valence-corrected chi connectivity index (χ4v) is 5.65. The van der Waals surface area contributed by atoms with Gasteiger partial charge < -0.3 is 10.0 Å². The van der Waals surface area contributed by atoms with E-state index in [9.17, 15) is 24.8 Å². The number of non-ortho nitro benzene ring substituents is 1. The normalized spacial score (nSPS) is 18.4. The number of fused-ring (bicyclic) bond motifs is 1. The van der Waals surface area contributed by atoms with Crippen molar-refractivity contribution in [2.24, 2.45) is 0 Å². The first-order valence-electron chi connectivity index (χ1n) is 12.7. The van der Waals surface area contributed by atoms with Crippen LogP contribution in [0.2, 0.25) is 0 Å². The number of hydrogen-bond acceptors (Lipinski definition) is 4. The molecule has 3 aromatic carbocycles. The molecule has 0 saturated heterocycles. The molecule has 1 heterocycles. The lowest BCUT2D eigenvalue weighted by molar-refractivity contribution is -0.384. The van der Waals surface area contributed by atoms with Gasteiger partial charge in [-0.3, -0.25) is 19.7 Å². The zero-order chi connectivity index (χ0) is 26.7. The van der Waals surface area contributed by atoms with E-state index in [-0.39, 0.29) is 18.0 Å². The fourth-order valence-electron chi connectivity index (χ4n) is 5.65. The number of carboxylic acids is 1. The third-order valence-electron chi connectivity index (χ3n) is 7.53. The Labute approximate surface area is 220 Å². The molecule has 0 bridgehead atoms. The van der Waals surface area contributed by atoms with Gasteiger partial charge in [0.05, 0.1) is 4.92 Å². The summed E-state index contributed by atoms with van der Waals surface area (Å²) in [7, 11) is 0. The number of amides is 1. The van der Waals surface area contributed by atoms with Gasteiger partial charge in [0.2, 0.25) is 0 Å². The van der Waals surface area contributed by atoms with Crippen molar-refractivity contribution in [2.45, 2.75) is 37.6 Å². The number of nitrogens with zero attached hydrogens (tertiary/aromatic N) is 2. The molecule has 0 spiro atoms. The second kappa shape index (κ2) is 10.5. The monoisotopic (exact) mass is 508 g/mol. The number of carbonyl (C=O) groups excluding carboxylic acids is 1. The van der Waals surface area contributed by atoms with Gasteiger partial charge in [-0.1, -0.05) is 72.3 Å². The molecular formula is C31H28N2O5. The van der Waals surface area contributed by atoms with Crippen molar-refractivity contribution in [3.05, 3.63) is 135 Å². The first-order valence-corrected chi connectivity index (χ1v) is 12.7. The molecule has 1 aliphatic heterocycles. The van der Waals surface area contributed by atoms with E-state index >= 15 is 0 Å². The molecule has 7 heteroatoms. The maximum Gasteiger partial charge on any atom is 0.303 e. The maximum atomic E-state index is 13.1. The van der Waals surface area contributed by atoms with Gasteiger partial charge in [-0.25, -0.2) is 0 Å².